The molecule has 124 valence electrons. The van der Waals surface area contributed by atoms with E-state index in [0.29, 0.717) is 25.3 Å². The summed E-state index contributed by atoms with van der Waals surface area (Å²) in [6, 6.07) is 17.7. The third-order valence-electron chi connectivity index (χ3n) is 3.82. The van der Waals surface area contributed by atoms with E-state index in [1.807, 2.05) is 61.5 Å². The van der Waals surface area contributed by atoms with E-state index in [2.05, 4.69) is 4.98 Å². The third kappa shape index (κ3) is 4.03. The number of aliphatic hydroxyl groups is 1. The van der Waals surface area contributed by atoms with E-state index in [-0.39, 0.29) is 6.61 Å². The van der Waals surface area contributed by atoms with Crippen LogP contribution < -0.4 is 4.74 Å². The van der Waals surface area contributed by atoms with Crippen LogP contribution >= 0.6 is 0 Å². The van der Waals surface area contributed by atoms with E-state index >= 15 is 0 Å². The zero-order valence-electron chi connectivity index (χ0n) is 13.7. The minimum Gasteiger partial charge on any atom is -0.493 e. The first-order valence-electron chi connectivity index (χ1n) is 8.10. The lowest BCUT2D eigenvalue weighted by atomic mass is 10.1. The molecule has 0 saturated carbocycles. The number of benzene rings is 2. The topological polar surface area (TPSA) is 55.5 Å². The molecular weight excluding hydrogens is 302 g/mol. The summed E-state index contributed by atoms with van der Waals surface area (Å²) in [5, 5.41) is 9.00. The molecule has 0 aliphatic heterocycles. The van der Waals surface area contributed by atoms with E-state index in [9.17, 15) is 0 Å². The van der Waals surface area contributed by atoms with Gasteiger partial charge in [-0.15, -0.1) is 0 Å². The number of aromatic nitrogens is 1. The Morgan fingerprint density at radius 2 is 1.88 bits per heavy atom. The van der Waals surface area contributed by atoms with Gasteiger partial charge in [-0.3, -0.25) is 0 Å². The highest BCUT2D eigenvalue weighted by molar-refractivity contribution is 5.53. The standard InChI is InChI=1S/C20H21NO3/c1-15-19(21-20(24-15)17-7-3-2-4-8-17)11-13-23-18-9-5-6-16(14-18)10-12-22/h2-9,14,22H,10-13H2,1H3. The van der Waals surface area contributed by atoms with Gasteiger partial charge in [-0.1, -0.05) is 30.3 Å². The fourth-order valence-electron chi connectivity index (χ4n) is 2.55. The number of hydrogen-bond acceptors (Lipinski definition) is 4. The van der Waals surface area contributed by atoms with Crippen LogP contribution in [0.15, 0.2) is 59.0 Å². The van der Waals surface area contributed by atoms with Gasteiger partial charge in [0.05, 0.1) is 12.3 Å². The molecule has 0 spiro atoms. The number of nitrogens with zero attached hydrogens (tertiary/aromatic N) is 1. The maximum absolute atomic E-state index is 9.00. The lowest BCUT2D eigenvalue weighted by molar-refractivity contribution is 0.298. The van der Waals surface area contributed by atoms with Crippen molar-refractivity contribution in [3.05, 3.63) is 71.6 Å². The van der Waals surface area contributed by atoms with Crippen LogP contribution in [0, 0.1) is 6.92 Å². The SMILES string of the molecule is Cc1oc(-c2ccccc2)nc1CCOc1cccc(CCO)c1. The second-order valence-electron chi connectivity index (χ2n) is 5.61. The number of oxazole rings is 1. The zero-order chi connectivity index (χ0) is 16.8. The van der Waals surface area contributed by atoms with Crippen LogP contribution in [0.5, 0.6) is 5.75 Å². The fourth-order valence-corrected chi connectivity index (χ4v) is 2.55. The van der Waals surface area contributed by atoms with Crippen LogP contribution in [0.25, 0.3) is 11.5 Å². The Morgan fingerprint density at radius 3 is 2.67 bits per heavy atom. The molecule has 4 heteroatoms. The summed E-state index contributed by atoms with van der Waals surface area (Å²) in [5.74, 6) is 2.28. The van der Waals surface area contributed by atoms with Gasteiger partial charge in [0.2, 0.25) is 5.89 Å². The molecule has 0 atom stereocenters. The minimum atomic E-state index is 0.143. The summed E-state index contributed by atoms with van der Waals surface area (Å²) >= 11 is 0. The molecule has 3 aromatic rings. The van der Waals surface area contributed by atoms with Crippen molar-refractivity contribution in [1.29, 1.82) is 0 Å². The Labute approximate surface area is 141 Å². The van der Waals surface area contributed by atoms with Crippen molar-refractivity contribution in [3.8, 4) is 17.2 Å². The first-order chi connectivity index (χ1) is 11.8. The molecule has 0 fully saturated rings. The van der Waals surface area contributed by atoms with Gasteiger partial charge in [0, 0.05) is 18.6 Å². The fraction of sp³-hybridized carbons (Fsp3) is 0.250. The smallest absolute Gasteiger partial charge is 0.226 e. The van der Waals surface area contributed by atoms with E-state index in [0.717, 1.165) is 28.3 Å². The van der Waals surface area contributed by atoms with Crippen LogP contribution in [0.1, 0.15) is 17.0 Å². The first-order valence-corrected chi connectivity index (χ1v) is 8.10. The maximum atomic E-state index is 9.00. The Hall–Kier alpha value is -2.59. The highest BCUT2D eigenvalue weighted by atomic mass is 16.5. The normalized spacial score (nSPS) is 10.8. The Bertz CT molecular complexity index is 781. The summed E-state index contributed by atoms with van der Waals surface area (Å²) in [6.45, 7) is 2.60. The van der Waals surface area contributed by atoms with E-state index in [1.54, 1.807) is 0 Å². The van der Waals surface area contributed by atoms with Gasteiger partial charge in [-0.25, -0.2) is 4.98 Å². The van der Waals surface area contributed by atoms with Crippen molar-refractivity contribution < 1.29 is 14.3 Å². The summed E-state index contributed by atoms with van der Waals surface area (Å²) < 4.78 is 11.6. The summed E-state index contributed by atoms with van der Waals surface area (Å²) in [6.07, 6.45) is 1.33. The van der Waals surface area contributed by atoms with E-state index < -0.39 is 0 Å². The predicted molar refractivity (Wildman–Crippen MR) is 93.1 cm³/mol. The molecule has 24 heavy (non-hydrogen) atoms. The zero-order valence-corrected chi connectivity index (χ0v) is 13.7. The average molecular weight is 323 g/mol. The van der Waals surface area contributed by atoms with E-state index in [4.69, 9.17) is 14.3 Å². The summed E-state index contributed by atoms with van der Waals surface area (Å²) in [4.78, 5) is 4.58. The monoisotopic (exact) mass is 323 g/mol. The summed E-state index contributed by atoms with van der Waals surface area (Å²) in [5.41, 5.74) is 2.96. The van der Waals surface area contributed by atoms with Crippen LogP contribution in [-0.2, 0) is 12.8 Å². The molecule has 0 saturated heterocycles. The highest BCUT2D eigenvalue weighted by Crippen LogP contribution is 2.22. The highest BCUT2D eigenvalue weighted by Gasteiger charge is 2.11. The molecule has 0 bridgehead atoms. The van der Waals surface area contributed by atoms with Crippen LogP contribution in [0.4, 0.5) is 0 Å². The molecule has 1 aromatic heterocycles. The molecule has 0 aliphatic rings. The van der Waals surface area contributed by atoms with Gasteiger partial charge >= 0.3 is 0 Å². The lowest BCUT2D eigenvalue weighted by Crippen LogP contribution is -2.03. The van der Waals surface area contributed by atoms with Crippen molar-refractivity contribution in [2.75, 3.05) is 13.2 Å². The molecule has 1 heterocycles. The summed E-state index contributed by atoms with van der Waals surface area (Å²) in [7, 11) is 0. The Kier molecular flexibility index (Phi) is 5.29. The number of hydrogen-bond donors (Lipinski definition) is 1. The second-order valence-corrected chi connectivity index (χ2v) is 5.61. The van der Waals surface area contributed by atoms with Crippen LogP contribution in [0.2, 0.25) is 0 Å². The molecule has 3 rings (SSSR count). The minimum absolute atomic E-state index is 0.143. The Morgan fingerprint density at radius 1 is 1.04 bits per heavy atom. The van der Waals surface area contributed by atoms with Gasteiger partial charge in [-0.2, -0.15) is 0 Å². The lowest BCUT2D eigenvalue weighted by Gasteiger charge is -2.07. The van der Waals surface area contributed by atoms with Crippen molar-refractivity contribution in [3.63, 3.8) is 0 Å². The molecule has 1 N–H and O–H groups in total. The van der Waals surface area contributed by atoms with Gasteiger partial charge < -0.3 is 14.3 Å². The van der Waals surface area contributed by atoms with Crippen molar-refractivity contribution >= 4 is 0 Å². The molecule has 0 amide bonds. The molecule has 0 unspecified atom stereocenters. The van der Waals surface area contributed by atoms with Crippen molar-refractivity contribution in [1.82, 2.24) is 4.98 Å². The van der Waals surface area contributed by atoms with Gasteiger partial charge in [0.15, 0.2) is 0 Å². The molecule has 0 aliphatic carbocycles. The van der Waals surface area contributed by atoms with Crippen molar-refractivity contribution in [2.24, 2.45) is 0 Å². The number of aryl methyl sites for hydroxylation is 1. The molecule has 4 nitrogen and oxygen atoms in total. The van der Waals surface area contributed by atoms with Gasteiger partial charge in [0.1, 0.15) is 11.5 Å². The average Bonchev–Trinajstić information content (AvgIpc) is 2.97. The Balaban J connectivity index is 1.61. The second kappa shape index (κ2) is 7.79. The molecular formula is C20H21NO3. The van der Waals surface area contributed by atoms with Crippen LogP contribution in [0.3, 0.4) is 0 Å². The maximum Gasteiger partial charge on any atom is 0.226 e. The molecule has 0 radical (unpaired) electrons. The third-order valence-corrected chi connectivity index (χ3v) is 3.82. The number of rotatable bonds is 7. The van der Waals surface area contributed by atoms with Crippen LogP contribution in [-0.4, -0.2) is 23.3 Å². The quantitative estimate of drug-likeness (QED) is 0.718. The number of ether oxygens (including phenoxy) is 1. The molecule has 2 aromatic carbocycles. The first kappa shape index (κ1) is 16.3. The predicted octanol–water partition coefficient (Wildman–Crippen LogP) is 3.81. The van der Waals surface area contributed by atoms with Crippen molar-refractivity contribution in [2.45, 2.75) is 19.8 Å². The van der Waals surface area contributed by atoms with Gasteiger partial charge in [-0.05, 0) is 43.2 Å². The van der Waals surface area contributed by atoms with Gasteiger partial charge in [0.25, 0.3) is 0 Å². The number of aliphatic hydroxyl groups excluding tert-OH is 1. The van der Waals surface area contributed by atoms with E-state index in [1.165, 1.54) is 0 Å². The largest absolute Gasteiger partial charge is 0.493 e.